The quantitative estimate of drug-likeness (QED) is 0.334. The molecule has 0 saturated carbocycles. The number of hydrogen-bond donors (Lipinski definition) is 2. The van der Waals surface area contributed by atoms with Gasteiger partial charge in [0.25, 0.3) is 0 Å². The van der Waals surface area contributed by atoms with Gasteiger partial charge in [0.15, 0.2) is 0 Å². The standard InChI is InChI=1S/C24H22ClN3O3/c1-16-7-3-4-8-19(16)15-31-20-13-11-18(12-14-20)17(2)27-28-24(30)23(29)26-22-10-6-5-9-21(22)25/h3-14H,15H2,1-2H3,(H,26,29)(H,28,30)/b27-17+. The van der Waals surface area contributed by atoms with Crippen LogP contribution < -0.4 is 15.5 Å². The highest BCUT2D eigenvalue weighted by atomic mass is 35.5. The second-order valence-electron chi connectivity index (χ2n) is 6.81. The predicted molar refractivity (Wildman–Crippen MR) is 122 cm³/mol. The molecule has 0 bridgehead atoms. The maximum Gasteiger partial charge on any atom is 0.329 e. The van der Waals surface area contributed by atoms with Crippen LogP contribution in [-0.2, 0) is 16.2 Å². The summed E-state index contributed by atoms with van der Waals surface area (Å²) in [5, 5.41) is 6.78. The summed E-state index contributed by atoms with van der Waals surface area (Å²) in [7, 11) is 0. The van der Waals surface area contributed by atoms with Crippen LogP contribution in [0.25, 0.3) is 0 Å². The van der Waals surface area contributed by atoms with Gasteiger partial charge >= 0.3 is 11.8 Å². The van der Waals surface area contributed by atoms with Crippen molar-refractivity contribution in [3.8, 4) is 5.75 Å². The predicted octanol–water partition coefficient (Wildman–Crippen LogP) is 4.71. The molecule has 6 nitrogen and oxygen atoms in total. The molecule has 0 aromatic heterocycles. The number of benzene rings is 3. The molecule has 158 valence electrons. The van der Waals surface area contributed by atoms with E-state index in [9.17, 15) is 9.59 Å². The number of hydrogen-bond acceptors (Lipinski definition) is 4. The van der Waals surface area contributed by atoms with E-state index >= 15 is 0 Å². The summed E-state index contributed by atoms with van der Waals surface area (Å²) in [6.07, 6.45) is 0. The number of hydrazone groups is 1. The molecular weight excluding hydrogens is 414 g/mol. The van der Waals surface area contributed by atoms with Gasteiger partial charge in [-0.2, -0.15) is 5.10 Å². The topological polar surface area (TPSA) is 79.8 Å². The van der Waals surface area contributed by atoms with Crippen molar-refractivity contribution in [3.63, 3.8) is 0 Å². The minimum atomic E-state index is -0.891. The Kier molecular flexibility index (Phi) is 7.40. The average Bonchev–Trinajstić information content (AvgIpc) is 2.78. The van der Waals surface area contributed by atoms with Crippen molar-refractivity contribution in [2.75, 3.05) is 5.32 Å². The summed E-state index contributed by atoms with van der Waals surface area (Å²) in [5.74, 6) is -1.02. The Balaban J connectivity index is 1.55. The largest absolute Gasteiger partial charge is 0.489 e. The Morgan fingerprint density at radius 3 is 2.32 bits per heavy atom. The van der Waals surface area contributed by atoms with Crippen LogP contribution in [0.1, 0.15) is 23.6 Å². The Morgan fingerprint density at radius 1 is 0.935 bits per heavy atom. The number of carbonyl (C=O) groups is 2. The van der Waals surface area contributed by atoms with Gasteiger partial charge in [0, 0.05) is 0 Å². The van der Waals surface area contributed by atoms with Gasteiger partial charge < -0.3 is 10.1 Å². The highest BCUT2D eigenvalue weighted by molar-refractivity contribution is 6.41. The van der Waals surface area contributed by atoms with E-state index in [1.807, 2.05) is 55.5 Å². The maximum atomic E-state index is 12.0. The lowest BCUT2D eigenvalue weighted by Gasteiger charge is -2.09. The molecular formula is C24H22ClN3O3. The maximum absolute atomic E-state index is 12.0. The first-order chi connectivity index (χ1) is 14.9. The van der Waals surface area contributed by atoms with Crippen LogP contribution in [-0.4, -0.2) is 17.5 Å². The molecule has 0 aliphatic rings. The number of anilines is 1. The minimum Gasteiger partial charge on any atom is -0.489 e. The van der Waals surface area contributed by atoms with Crippen LogP contribution in [0.3, 0.4) is 0 Å². The third kappa shape index (κ3) is 6.17. The highest BCUT2D eigenvalue weighted by Gasteiger charge is 2.14. The minimum absolute atomic E-state index is 0.341. The molecule has 0 heterocycles. The summed E-state index contributed by atoms with van der Waals surface area (Å²) in [6.45, 7) is 4.26. The van der Waals surface area contributed by atoms with Gasteiger partial charge in [-0.3, -0.25) is 9.59 Å². The fraction of sp³-hybridized carbons (Fsp3) is 0.125. The molecule has 3 aromatic carbocycles. The molecule has 0 radical (unpaired) electrons. The van der Waals surface area contributed by atoms with Crippen LogP contribution in [0.15, 0.2) is 77.9 Å². The molecule has 0 spiro atoms. The molecule has 0 fully saturated rings. The first-order valence-electron chi connectivity index (χ1n) is 9.62. The van der Waals surface area contributed by atoms with Gasteiger partial charge in [-0.25, -0.2) is 5.43 Å². The molecule has 0 aliphatic heterocycles. The van der Waals surface area contributed by atoms with Crippen LogP contribution in [0, 0.1) is 6.92 Å². The van der Waals surface area contributed by atoms with E-state index in [2.05, 4.69) is 15.8 Å². The van der Waals surface area contributed by atoms with Crippen LogP contribution in [0.2, 0.25) is 5.02 Å². The Morgan fingerprint density at radius 2 is 1.61 bits per heavy atom. The van der Waals surface area contributed by atoms with Crippen molar-refractivity contribution in [2.24, 2.45) is 5.10 Å². The molecule has 7 heteroatoms. The van der Waals surface area contributed by atoms with Crippen LogP contribution in [0.5, 0.6) is 5.75 Å². The summed E-state index contributed by atoms with van der Waals surface area (Å²) in [5.41, 5.74) is 6.24. The van der Waals surface area contributed by atoms with E-state index in [-0.39, 0.29) is 0 Å². The van der Waals surface area contributed by atoms with E-state index in [1.54, 1.807) is 31.2 Å². The summed E-state index contributed by atoms with van der Waals surface area (Å²) in [6, 6.07) is 22.0. The van der Waals surface area contributed by atoms with Crippen molar-refractivity contribution in [1.29, 1.82) is 0 Å². The number of amides is 2. The number of nitrogens with one attached hydrogen (secondary N) is 2. The third-order valence-electron chi connectivity index (χ3n) is 4.58. The van der Waals surface area contributed by atoms with Crippen molar-refractivity contribution < 1.29 is 14.3 Å². The molecule has 31 heavy (non-hydrogen) atoms. The third-order valence-corrected chi connectivity index (χ3v) is 4.91. The summed E-state index contributed by atoms with van der Waals surface area (Å²) < 4.78 is 5.83. The van der Waals surface area contributed by atoms with E-state index in [0.717, 1.165) is 16.9 Å². The lowest BCUT2D eigenvalue weighted by molar-refractivity contribution is -0.136. The number of rotatable bonds is 6. The zero-order valence-electron chi connectivity index (χ0n) is 17.2. The normalized spacial score (nSPS) is 11.0. The van der Waals surface area contributed by atoms with Gasteiger partial charge in [-0.05, 0) is 66.9 Å². The first kappa shape index (κ1) is 22.1. The number of para-hydroxylation sites is 1. The second kappa shape index (κ2) is 10.4. The fourth-order valence-electron chi connectivity index (χ4n) is 2.72. The summed E-state index contributed by atoms with van der Waals surface area (Å²) >= 11 is 5.97. The fourth-order valence-corrected chi connectivity index (χ4v) is 2.90. The van der Waals surface area contributed by atoms with Gasteiger partial charge in [0.1, 0.15) is 12.4 Å². The van der Waals surface area contributed by atoms with Crippen molar-refractivity contribution >= 4 is 34.8 Å². The van der Waals surface area contributed by atoms with E-state index in [4.69, 9.17) is 16.3 Å². The Bertz CT molecular complexity index is 1110. The number of ether oxygens (including phenoxy) is 1. The van der Waals surface area contributed by atoms with Crippen LogP contribution in [0.4, 0.5) is 5.69 Å². The molecule has 0 atom stereocenters. The van der Waals surface area contributed by atoms with Crippen molar-refractivity contribution in [1.82, 2.24) is 5.43 Å². The highest BCUT2D eigenvalue weighted by Crippen LogP contribution is 2.20. The zero-order valence-corrected chi connectivity index (χ0v) is 17.9. The number of halogens is 1. The van der Waals surface area contributed by atoms with E-state index in [0.29, 0.717) is 23.0 Å². The molecule has 0 aliphatic carbocycles. The monoisotopic (exact) mass is 435 g/mol. The van der Waals surface area contributed by atoms with Crippen molar-refractivity contribution in [2.45, 2.75) is 20.5 Å². The molecule has 3 rings (SSSR count). The Labute approximate surface area is 185 Å². The molecule has 2 N–H and O–H groups in total. The van der Waals surface area contributed by atoms with Gasteiger partial charge in [0.2, 0.25) is 0 Å². The molecule has 3 aromatic rings. The smallest absolute Gasteiger partial charge is 0.329 e. The zero-order chi connectivity index (χ0) is 22.2. The second-order valence-corrected chi connectivity index (χ2v) is 7.22. The van der Waals surface area contributed by atoms with Gasteiger partial charge in [-0.1, -0.05) is 48.0 Å². The number of aryl methyl sites for hydroxylation is 1. The van der Waals surface area contributed by atoms with Crippen LogP contribution >= 0.6 is 11.6 Å². The lowest BCUT2D eigenvalue weighted by Crippen LogP contribution is -2.33. The molecule has 0 saturated heterocycles. The summed E-state index contributed by atoms with van der Waals surface area (Å²) in [4.78, 5) is 24.0. The van der Waals surface area contributed by atoms with Gasteiger partial charge in [-0.15, -0.1) is 0 Å². The van der Waals surface area contributed by atoms with Crippen molar-refractivity contribution in [3.05, 3.63) is 94.5 Å². The lowest BCUT2D eigenvalue weighted by atomic mass is 10.1. The molecule has 0 unspecified atom stereocenters. The van der Waals surface area contributed by atoms with E-state index < -0.39 is 11.8 Å². The number of nitrogens with zero attached hydrogens (tertiary/aromatic N) is 1. The Hall–Kier alpha value is -3.64. The molecule has 2 amide bonds. The average molecular weight is 436 g/mol. The number of carbonyl (C=O) groups excluding carboxylic acids is 2. The first-order valence-corrected chi connectivity index (χ1v) is 9.99. The van der Waals surface area contributed by atoms with Gasteiger partial charge in [0.05, 0.1) is 16.4 Å². The SMILES string of the molecule is C/C(=N\NC(=O)C(=O)Nc1ccccc1Cl)c1ccc(OCc2ccccc2C)cc1. The van der Waals surface area contributed by atoms with E-state index in [1.165, 1.54) is 5.56 Å².